The molecule has 0 spiro atoms. The first kappa shape index (κ1) is 18.6. The van der Waals surface area contributed by atoms with Gasteiger partial charge >= 0.3 is 10.3 Å². The van der Waals surface area contributed by atoms with E-state index in [0.717, 1.165) is 16.1 Å². The Labute approximate surface area is 162 Å². The number of Topliss-reactive ketones (excluding diaryl/α,β-unsaturated/α-hetero) is 1. The lowest BCUT2D eigenvalue weighted by molar-refractivity contribution is -0.0000118. The van der Waals surface area contributed by atoms with Crippen molar-refractivity contribution in [3.63, 3.8) is 0 Å². The van der Waals surface area contributed by atoms with Gasteiger partial charge in [0.25, 0.3) is 4.21 Å². The molecule has 3 rings (SSSR count). The van der Waals surface area contributed by atoms with Gasteiger partial charge in [0.15, 0.2) is 16.1 Å². The van der Waals surface area contributed by atoms with Crippen LogP contribution in [0.25, 0.3) is 10.4 Å². The molecule has 0 atom stereocenters. The van der Waals surface area contributed by atoms with E-state index in [2.05, 4.69) is 6.07 Å². The molecule has 1 nitrogen and oxygen atoms in total. The van der Waals surface area contributed by atoms with Crippen molar-refractivity contribution in [1.82, 2.24) is 0 Å². The Kier molecular flexibility index (Phi) is 7.24. The molecule has 0 fully saturated rings. The Hall–Kier alpha value is -0.720. The van der Waals surface area contributed by atoms with Gasteiger partial charge < -0.3 is 17.0 Å². The van der Waals surface area contributed by atoms with Crippen molar-refractivity contribution in [3.05, 3.63) is 71.2 Å². The van der Waals surface area contributed by atoms with E-state index in [4.69, 9.17) is 11.6 Å². The fourth-order valence-corrected chi connectivity index (χ4v) is 5.75. The number of rotatable bonds is 5. The summed E-state index contributed by atoms with van der Waals surface area (Å²) in [6.45, 7) is 0. The first-order valence-electron chi connectivity index (χ1n) is 6.62. The van der Waals surface area contributed by atoms with Crippen LogP contribution in [0.2, 0.25) is 5.02 Å². The second kappa shape index (κ2) is 8.94. The quantitative estimate of drug-likeness (QED) is 0.260. The summed E-state index contributed by atoms with van der Waals surface area (Å²) in [7, 11) is 3.43. The maximum atomic E-state index is 12.1. The van der Waals surface area contributed by atoms with Gasteiger partial charge in [0.2, 0.25) is 0 Å². The van der Waals surface area contributed by atoms with Crippen LogP contribution in [-0.2, 0) is 0 Å². The molecule has 0 amide bonds. The Morgan fingerprint density at radius 3 is 2.48 bits per heavy atom. The third kappa shape index (κ3) is 5.13. The van der Waals surface area contributed by atoms with E-state index >= 15 is 0 Å². The average molecular weight is 444 g/mol. The van der Waals surface area contributed by atoms with Crippen LogP contribution in [0.1, 0.15) is 10.4 Å². The Bertz CT molecular complexity index is 772. The third-order valence-electron chi connectivity index (χ3n) is 3.03. The molecule has 6 heteroatoms. The molecule has 0 N–H and O–H groups in total. The number of hydrogen-bond acceptors (Lipinski definition) is 3. The molecule has 1 aromatic heterocycles. The molecule has 0 bridgehead atoms. The molecule has 1 heterocycles. The largest absolute Gasteiger partial charge is 1.00 e. The summed E-state index contributed by atoms with van der Waals surface area (Å²) in [5.74, 6) is 0.633. The number of thioether (sulfide) groups is 1. The van der Waals surface area contributed by atoms with Gasteiger partial charge in [-0.3, -0.25) is 4.79 Å². The zero-order valence-electron chi connectivity index (χ0n) is 11.9. The minimum absolute atomic E-state index is 0. The lowest BCUT2D eigenvalue weighted by Gasteiger charge is -1.96. The van der Waals surface area contributed by atoms with E-state index in [1.165, 1.54) is 9.09 Å². The SMILES string of the molecule is O=C(CSc1cc(-c2ccc(Cl)cc2)s[s+]1)c1ccccc1.[Br-]. The molecule has 0 saturated heterocycles. The maximum absolute atomic E-state index is 12.1. The maximum Gasteiger partial charge on any atom is 0.308 e. The summed E-state index contributed by atoms with van der Waals surface area (Å²) in [4.78, 5) is 13.3. The molecule has 0 radical (unpaired) electrons. The number of carbonyl (C=O) groups excluding carboxylic acids is 1. The van der Waals surface area contributed by atoms with E-state index in [1.54, 1.807) is 32.4 Å². The molecule has 0 aliphatic carbocycles. The van der Waals surface area contributed by atoms with E-state index in [9.17, 15) is 4.79 Å². The highest BCUT2D eigenvalue weighted by molar-refractivity contribution is 8.03. The number of benzene rings is 2. The third-order valence-corrected chi connectivity index (χ3v) is 7.24. The zero-order chi connectivity index (χ0) is 15.4. The minimum Gasteiger partial charge on any atom is -1.00 e. The monoisotopic (exact) mass is 442 g/mol. The van der Waals surface area contributed by atoms with Crippen molar-refractivity contribution in [2.45, 2.75) is 4.21 Å². The van der Waals surface area contributed by atoms with Gasteiger partial charge in [-0.2, -0.15) is 0 Å². The van der Waals surface area contributed by atoms with Crippen LogP contribution in [0, 0.1) is 0 Å². The van der Waals surface area contributed by atoms with E-state index in [0.29, 0.717) is 5.75 Å². The summed E-state index contributed by atoms with van der Waals surface area (Å²) in [6.07, 6.45) is 0. The van der Waals surface area contributed by atoms with Crippen LogP contribution in [0.15, 0.2) is 64.9 Å². The lowest BCUT2D eigenvalue weighted by atomic mass is 10.2. The zero-order valence-corrected chi connectivity index (χ0v) is 16.7. The molecular formula is C17H12BrClOS3. The van der Waals surface area contributed by atoms with Crippen LogP contribution in [-0.4, -0.2) is 11.5 Å². The molecule has 118 valence electrons. The molecule has 3 aromatic rings. The minimum atomic E-state index is 0. The summed E-state index contributed by atoms with van der Waals surface area (Å²) >= 11 is 7.51. The second-order valence-electron chi connectivity index (χ2n) is 4.58. The number of halogens is 2. The average Bonchev–Trinajstić information content (AvgIpc) is 3.03. The van der Waals surface area contributed by atoms with Gasteiger partial charge in [-0.25, -0.2) is 0 Å². The van der Waals surface area contributed by atoms with Crippen molar-refractivity contribution in [3.8, 4) is 10.4 Å². The fourth-order valence-electron chi connectivity index (χ4n) is 1.90. The van der Waals surface area contributed by atoms with Gasteiger partial charge in [-0.1, -0.05) is 65.8 Å². The van der Waals surface area contributed by atoms with Crippen LogP contribution < -0.4 is 17.0 Å². The van der Waals surface area contributed by atoms with Crippen molar-refractivity contribution >= 4 is 49.8 Å². The van der Waals surface area contributed by atoms with E-state index < -0.39 is 0 Å². The second-order valence-corrected chi connectivity index (χ2v) is 8.50. The summed E-state index contributed by atoms with van der Waals surface area (Å²) in [6, 6.07) is 19.4. The van der Waals surface area contributed by atoms with Crippen LogP contribution in [0.3, 0.4) is 0 Å². The first-order chi connectivity index (χ1) is 10.7. The van der Waals surface area contributed by atoms with Gasteiger partial charge in [0.05, 0.1) is 10.6 Å². The highest BCUT2D eigenvalue weighted by Crippen LogP contribution is 2.37. The Morgan fingerprint density at radius 2 is 1.78 bits per heavy atom. The van der Waals surface area contributed by atoms with E-state index in [-0.39, 0.29) is 22.8 Å². The normalized spacial score (nSPS) is 10.1. The van der Waals surface area contributed by atoms with Crippen molar-refractivity contribution in [2.75, 3.05) is 5.75 Å². The number of carbonyl (C=O) groups is 1. The van der Waals surface area contributed by atoms with Crippen molar-refractivity contribution in [1.29, 1.82) is 0 Å². The van der Waals surface area contributed by atoms with Gasteiger partial charge in [0.1, 0.15) is 0 Å². The van der Waals surface area contributed by atoms with Gasteiger partial charge in [-0.15, -0.1) is 0 Å². The van der Waals surface area contributed by atoms with Crippen molar-refractivity contribution in [2.24, 2.45) is 0 Å². The van der Waals surface area contributed by atoms with Gasteiger partial charge in [-0.05, 0) is 17.7 Å². The Balaban J connectivity index is 0.00000192. The summed E-state index contributed by atoms with van der Waals surface area (Å²) in [5, 5.41) is 0.743. The molecule has 23 heavy (non-hydrogen) atoms. The fraction of sp³-hybridized carbons (Fsp3) is 0.0588. The number of ketones is 1. The van der Waals surface area contributed by atoms with E-state index in [1.807, 2.05) is 54.6 Å². The highest BCUT2D eigenvalue weighted by atomic mass is 79.9. The van der Waals surface area contributed by atoms with Crippen LogP contribution >= 0.6 is 44.0 Å². The highest BCUT2D eigenvalue weighted by Gasteiger charge is 2.17. The smallest absolute Gasteiger partial charge is 0.308 e. The molecular weight excluding hydrogens is 432 g/mol. The predicted octanol–water partition coefficient (Wildman–Crippen LogP) is 3.39. The molecule has 2 aromatic carbocycles. The van der Waals surface area contributed by atoms with Crippen LogP contribution in [0.5, 0.6) is 0 Å². The van der Waals surface area contributed by atoms with Gasteiger partial charge in [0, 0.05) is 16.7 Å². The molecule has 0 unspecified atom stereocenters. The molecule has 0 saturated carbocycles. The predicted molar refractivity (Wildman–Crippen MR) is 98.5 cm³/mol. The summed E-state index contributed by atoms with van der Waals surface area (Å²) < 4.78 is 1.17. The topological polar surface area (TPSA) is 17.1 Å². The van der Waals surface area contributed by atoms with Crippen molar-refractivity contribution < 1.29 is 21.8 Å². The molecule has 0 aliphatic rings. The summed E-state index contributed by atoms with van der Waals surface area (Å²) in [5.41, 5.74) is 1.93. The van der Waals surface area contributed by atoms with Crippen LogP contribution in [0.4, 0.5) is 0 Å². The lowest BCUT2D eigenvalue weighted by Crippen LogP contribution is -3.00. The molecule has 0 aliphatic heterocycles. The number of hydrogen-bond donors (Lipinski definition) is 0. The Morgan fingerprint density at radius 1 is 1.09 bits per heavy atom. The first-order valence-corrected chi connectivity index (χ1v) is 10.1. The standard InChI is InChI=1S/C17H12ClOS3.BrH/c18-14-8-6-13(7-9-14)16-10-17(22-21-16)20-11-15(19)12-4-2-1-3-5-12;/h1-10H,11H2;1H/q+1;/p-1.